The SMILES string of the molecule is COc1ccc(/C=C/S(=O)(=O)[N-]C(=O)c2ccc(C(F)(F)F)cc2C(F)(F)F)cn1.[Na+]. The average molecular weight is 476 g/mol. The molecular formula is C17H11F6N2NaO4S. The van der Waals surface area contributed by atoms with Gasteiger partial charge in [0.25, 0.3) is 0 Å². The summed E-state index contributed by atoms with van der Waals surface area (Å²) in [5.74, 6) is -1.63. The second-order valence-corrected chi connectivity index (χ2v) is 7.09. The van der Waals surface area contributed by atoms with Crippen LogP contribution in [0.15, 0.2) is 41.9 Å². The predicted octanol–water partition coefficient (Wildman–Crippen LogP) is 1.65. The summed E-state index contributed by atoms with van der Waals surface area (Å²) in [4.78, 5) is 15.8. The molecule has 0 atom stereocenters. The molecule has 0 N–H and O–H groups in total. The fourth-order valence-corrected chi connectivity index (χ4v) is 2.83. The number of benzene rings is 1. The summed E-state index contributed by atoms with van der Waals surface area (Å²) in [6.45, 7) is 0. The van der Waals surface area contributed by atoms with Crippen molar-refractivity contribution < 1.29 is 73.8 Å². The number of methoxy groups -OCH3 is 1. The zero-order chi connectivity index (χ0) is 22.7. The van der Waals surface area contributed by atoms with Gasteiger partial charge in [0.05, 0.1) is 24.1 Å². The first-order valence-corrected chi connectivity index (χ1v) is 9.22. The van der Waals surface area contributed by atoms with Crippen molar-refractivity contribution in [3.05, 3.63) is 68.9 Å². The smallest absolute Gasteiger partial charge is 0.538 e. The molecule has 2 aromatic rings. The van der Waals surface area contributed by atoms with Crippen LogP contribution in [-0.4, -0.2) is 26.4 Å². The van der Waals surface area contributed by atoms with Gasteiger partial charge in [-0.2, -0.15) is 26.3 Å². The van der Waals surface area contributed by atoms with E-state index >= 15 is 0 Å². The number of halogens is 6. The summed E-state index contributed by atoms with van der Waals surface area (Å²) in [6, 6.07) is 2.96. The minimum absolute atomic E-state index is 0. The van der Waals surface area contributed by atoms with Crippen LogP contribution >= 0.6 is 0 Å². The molecule has 31 heavy (non-hydrogen) atoms. The Morgan fingerprint density at radius 3 is 2.19 bits per heavy atom. The molecule has 162 valence electrons. The largest absolute Gasteiger partial charge is 1.00 e. The number of carbonyl (C=O) groups is 1. The molecule has 1 heterocycles. The van der Waals surface area contributed by atoms with Gasteiger partial charge < -0.3 is 14.3 Å². The number of aromatic nitrogens is 1. The molecule has 0 unspecified atom stereocenters. The number of ether oxygens (including phenoxy) is 1. The quantitative estimate of drug-likeness (QED) is 0.484. The fraction of sp³-hybridized carbons (Fsp3) is 0.176. The first kappa shape index (κ1) is 26.9. The number of carbonyl (C=O) groups excluding carboxylic acids is 1. The molecule has 0 aliphatic carbocycles. The van der Waals surface area contributed by atoms with Crippen LogP contribution < -0.4 is 34.3 Å². The zero-order valence-corrected chi connectivity index (χ0v) is 18.6. The van der Waals surface area contributed by atoms with Gasteiger partial charge in [-0.25, -0.2) is 13.4 Å². The Morgan fingerprint density at radius 1 is 1.06 bits per heavy atom. The van der Waals surface area contributed by atoms with E-state index in [1.165, 1.54) is 25.4 Å². The number of nitrogens with zero attached hydrogens (tertiary/aromatic N) is 2. The molecule has 0 saturated heterocycles. The standard InChI is InChI=1S/C17H12F6N2O4S.Na/c1-29-14-5-2-10(9-24-14)6-7-30(27,28)25-15(26)12-4-3-11(16(18,19)20)8-13(12)17(21,22)23;/h2-9H,1H3,(H,25,26);/q;+1/p-1/b7-6+;. The second kappa shape index (κ2) is 10.0. The molecule has 0 aliphatic heterocycles. The molecule has 6 nitrogen and oxygen atoms in total. The molecule has 2 rings (SSSR count). The number of hydrogen-bond acceptors (Lipinski definition) is 5. The van der Waals surface area contributed by atoms with Gasteiger partial charge in [-0.15, -0.1) is 0 Å². The normalized spacial score (nSPS) is 12.4. The molecule has 1 aromatic heterocycles. The van der Waals surface area contributed by atoms with Gasteiger partial charge >= 0.3 is 41.9 Å². The number of sulfonamides is 1. The molecule has 0 spiro atoms. The summed E-state index contributed by atoms with van der Waals surface area (Å²) in [6.07, 6.45) is -8.27. The average Bonchev–Trinajstić information content (AvgIpc) is 2.64. The van der Waals surface area contributed by atoms with E-state index in [4.69, 9.17) is 4.74 Å². The summed E-state index contributed by atoms with van der Waals surface area (Å²) < 4.78 is 109. The van der Waals surface area contributed by atoms with Crippen LogP contribution in [0.3, 0.4) is 0 Å². The van der Waals surface area contributed by atoms with Crippen LogP contribution in [0.2, 0.25) is 0 Å². The van der Waals surface area contributed by atoms with Crippen LogP contribution in [0.25, 0.3) is 10.8 Å². The Kier molecular flexibility index (Phi) is 8.71. The number of pyridine rings is 1. The Labute approximate surface area is 194 Å². The van der Waals surface area contributed by atoms with Gasteiger partial charge in [0.15, 0.2) is 0 Å². The van der Waals surface area contributed by atoms with E-state index in [9.17, 15) is 39.6 Å². The van der Waals surface area contributed by atoms with Gasteiger partial charge in [-0.1, -0.05) is 6.07 Å². The predicted molar refractivity (Wildman–Crippen MR) is 92.9 cm³/mol. The van der Waals surface area contributed by atoms with Crippen molar-refractivity contribution in [1.29, 1.82) is 0 Å². The third-order valence-corrected chi connectivity index (χ3v) is 4.39. The number of rotatable bonds is 5. The maximum atomic E-state index is 13.1. The maximum Gasteiger partial charge on any atom is 1.00 e. The van der Waals surface area contributed by atoms with Crippen LogP contribution in [0.1, 0.15) is 27.0 Å². The number of alkyl halides is 6. The number of amides is 1. The topological polar surface area (TPSA) is 87.4 Å². The molecule has 0 fully saturated rings. The Morgan fingerprint density at radius 2 is 1.71 bits per heavy atom. The summed E-state index contributed by atoms with van der Waals surface area (Å²) in [5.41, 5.74) is -4.70. The van der Waals surface area contributed by atoms with Crippen molar-refractivity contribution >= 4 is 22.0 Å². The van der Waals surface area contributed by atoms with Crippen LogP contribution in [0.4, 0.5) is 26.3 Å². The monoisotopic (exact) mass is 476 g/mol. The van der Waals surface area contributed by atoms with Crippen molar-refractivity contribution in [2.45, 2.75) is 12.4 Å². The molecule has 14 heteroatoms. The Bertz CT molecular complexity index is 1070. The van der Waals surface area contributed by atoms with Gasteiger partial charge in [0.1, 0.15) is 10.0 Å². The van der Waals surface area contributed by atoms with E-state index < -0.39 is 45.0 Å². The van der Waals surface area contributed by atoms with Crippen LogP contribution in [-0.2, 0) is 22.4 Å². The molecule has 1 aromatic carbocycles. The van der Waals surface area contributed by atoms with Crippen molar-refractivity contribution in [2.75, 3.05) is 7.11 Å². The van der Waals surface area contributed by atoms with E-state index in [0.717, 1.165) is 6.08 Å². The molecule has 0 saturated carbocycles. The Hall–Kier alpha value is -2.09. The van der Waals surface area contributed by atoms with E-state index in [-0.39, 0.29) is 59.2 Å². The third kappa shape index (κ3) is 7.52. The van der Waals surface area contributed by atoms with Crippen molar-refractivity contribution in [3.63, 3.8) is 0 Å². The molecule has 0 radical (unpaired) electrons. The zero-order valence-electron chi connectivity index (χ0n) is 15.8. The van der Waals surface area contributed by atoms with Crippen LogP contribution in [0.5, 0.6) is 5.88 Å². The van der Waals surface area contributed by atoms with Gasteiger partial charge in [-0.05, 0) is 29.8 Å². The van der Waals surface area contributed by atoms with Crippen LogP contribution in [0, 0.1) is 0 Å². The molecule has 0 aliphatic rings. The van der Waals surface area contributed by atoms with Gasteiger partial charge in [0.2, 0.25) is 5.88 Å². The summed E-state index contributed by atoms with van der Waals surface area (Å²) in [5, 5.41) is 0.436. The van der Waals surface area contributed by atoms with E-state index in [1.807, 2.05) is 0 Å². The first-order chi connectivity index (χ1) is 13.7. The van der Waals surface area contributed by atoms with Crippen molar-refractivity contribution in [2.24, 2.45) is 0 Å². The van der Waals surface area contributed by atoms with E-state index in [2.05, 4.69) is 9.71 Å². The minimum Gasteiger partial charge on any atom is -0.538 e. The molecule has 1 amide bonds. The Balaban J connectivity index is 0.00000480. The fourth-order valence-electron chi connectivity index (χ4n) is 2.11. The summed E-state index contributed by atoms with van der Waals surface area (Å²) in [7, 11) is -3.35. The minimum atomic E-state index is -5.35. The van der Waals surface area contributed by atoms with Gasteiger partial charge in [0, 0.05) is 23.2 Å². The van der Waals surface area contributed by atoms with Gasteiger partial charge in [-0.3, -0.25) is 0 Å². The molecular weight excluding hydrogens is 465 g/mol. The van der Waals surface area contributed by atoms with Crippen molar-refractivity contribution in [1.82, 2.24) is 4.98 Å². The first-order valence-electron chi connectivity index (χ1n) is 7.72. The maximum absolute atomic E-state index is 13.1. The number of hydrogen-bond donors (Lipinski definition) is 0. The molecule has 0 bridgehead atoms. The summed E-state index contributed by atoms with van der Waals surface area (Å²) >= 11 is 0. The van der Waals surface area contributed by atoms with E-state index in [1.54, 1.807) is 0 Å². The van der Waals surface area contributed by atoms with Crippen molar-refractivity contribution in [3.8, 4) is 5.88 Å². The third-order valence-electron chi connectivity index (χ3n) is 3.49. The second-order valence-electron chi connectivity index (χ2n) is 5.60. The van der Waals surface area contributed by atoms with E-state index in [0.29, 0.717) is 5.41 Å².